The first-order valence-corrected chi connectivity index (χ1v) is 12.1. The summed E-state index contributed by atoms with van der Waals surface area (Å²) in [5.41, 5.74) is 1.89. The number of nitrogens with zero attached hydrogens (tertiary/aromatic N) is 5. The van der Waals surface area contributed by atoms with Gasteiger partial charge in [0, 0.05) is 54.7 Å². The van der Waals surface area contributed by atoms with E-state index in [-0.39, 0.29) is 36.6 Å². The van der Waals surface area contributed by atoms with Crippen molar-refractivity contribution in [3.05, 3.63) is 77.7 Å². The van der Waals surface area contributed by atoms with Crippen molar-refractivity contribution in [2.45, 2.75) is 31.6 Å². The quantitative estimate of drug-likeness (QED) is 0.418. The minimum absolute atomic E-state index is 0.0444. The molecule has 2 aromatic heterocycles. The number of piperidine rings is 1. The standard InChI is InChI=1S/C27H25N5O3/c33-23(30-14-5-9-19(17-30)25-29-28-22-12-1-2-15-31(22)25)13-6-16-32-26(34)20-10-3-7-18-8-4-11-21(24(18)20)27(32)35/h1-4,7-8,10-12,15,19H,5-6,9,13-14,16-17H2/t19-/m1/s1. The van der Waals surface area contributed by atoms with Crippen molar-refractivity contribution in [2.24, 2.45) is 0 Å². The fraction of sp³-hybridized carbons (Fsp3) is 0.296. The molecule has 8 heteroatoms. The number of imide groups is 1. The Morgan fingerprint density at radius 1 is 0.943 bits per heavy atom. The number of likely N-dealkylation sites (tertiary alicyclic amines) is 1. The summed E-state index contributed by atoms with van der Waals surface area (Å²) < 4.78 is 1.99. The first kappa shape index (κ1) is 21.5. The van der Waals surface area contributed by atoms with Gasteiger partial charge in [0.25, 0.3) is 11.8 Å². The van der Waals surface area contributed by atoms with Gasteiger partial charge in [0.2, 0.25) is 5.91 Å². The highest BCUT2D eigenvalue weighted by atomic mass is 16.2. The lowest BCUT2D eigenvalue weighted by molar-refractivity contribution is -0.132. The third-order valence-electron chi connectivity index (χ3n) is 7.11. The van der Waals surface area contributed by atoms with E-state index in [0.717, 1.165) is 35.1 Å². The number of hydrogen-bond acceptors (Lipinski definition) is 5. The maximum atomic E-state index is 13.1. The highest BCUT2D eigenvalue weighted by molar-refractivity contribution is 6.25. The van der Waals surface area contributed by atoms with Gasteiger partial charge in [-0.3, -0.25) is 23.7 Å². The molecule has 8 nitrogen and oxygen atoms in total. The van der Waals surface area contributed by atoms with Gasteiger partial charge >= 0.3 is 0 Å². The molecule has 0 bridgehead atoms. The van der Waals surface area contributed by atoms with Crippen LogP contribution < -0.4 is 0 Å². The van der Waals surface area contributed by atoms with Gasteiger partial charge in [0.05, 0.1) is 0 Å². The van der Waals surface area contributed by atoms with Crippen molar-refractivity contribution in [3.8, 4) is 0 Å². The number of carbonyl (C=O) groups excluding carboxylic acids is 3. The maximum absolute atomic E-state index is 13.1. The third-order valence-corrected chi connectivity index (χ3v) is 7.11. The summed E-state index contributed by atoms with van der Waals surface area (Å²) >= 11 is 0. The molecular formula is C27H25N5O3. The monoisotopic (exact) mass is 467 g/mol. The zero-order chi connectivity index (χ0) is 23.9. The number of hydrogen-bond donors (Lipinski definition) is 0. The number of fused-ring (bicyclic) bond motifs is 1. The van der Waals surface area contributed by atoms with Crippen LogP contribution in [0.5, 0.6) is 0 Å². The highest BCUT2D eigenvalue weighted by Gasteiger charge is 2.33. The lowest BCUT2D eigenvalue weighted by Gasteiger charge is -2.32. The van der Waals surface area contributed by atoms with Gasteiger partial charge in [-0.25, -0.2) is 0 Å². The molecule has 2 aromatic carbocycles. The van der Waals surface area contributed by atoms with Gasteiger partial charge in [-0.2, -0.15) is 0 Å². The summed E-state index contributed by atoms with van der Waals surface area (Å²) in [7, 11) is 0. The average Bonchev–Trinajstić information content (AvgIpc) is 3.33. The molecule has 0 spiro atoms. The zero-order valence-electron chi connectivity index (χ0n) is 19.3. The van der Waals surface area contributed by atoms with Crippen molar-refractivity contribution in [3.63, 3.8) is 0 Å². The Kier molecular flexibility index (Phi) is 5.28. The first-order chi connectivity index (χ1) is 17.1. The molecule has 1 atom stereocenters. The lowest BCUT2D eigenvalue weighted by atomic mass is 9.94. The minimum Gasteiger partial charge on any atom is -0.342 e. The fourth-order valence-corrected chi connectivity index (χ4v) is 5.38. The van der Waals surface area contributed by atoms with Gasteiger partial charge in [0.1, 0.15) is 5.82 Å². The summed E-state index contributed by atoms with van der Waals surface area (Å²) in [5.74, 6) is 0.484. The van der Waals surface area contributed by atoms with Crippen molar-refractivity contribution in [2.75, 3.05) is 19.6 Å². The molecule has 35 heavy (non-hydrogen) atoms. The Hall–Kier alpha value is -4.07. The number of amides is 3. The molecule has 1 saturated heterocycles. The maximum Gasteiger partial charge on any atom is 0.261 e. The molecule has 0 N–H and O–H groups in total. The first-order valence-electron chi connectivity index (χ1n) is 12.1. The van der Waals surface area contributed by atoms with Crippen molar-refractivity contribution in [1.82, 2.24) is 24.4 Å². The summed E-state index contributed by atoms with van der Waals surface area (Å²) in [4.78, 5) is 42.3. The second-order valence-electron chi connectivity index (χ2n) is 9.24. The van der Waals surface area contributed by atoms with E-state index in [2.05, 4.69) is 10.2 Å². The van der Waals surface area contributed by atoms with Crippen LogP contribution in [0.3, 0.4) is 0 Å². The van der Waals surface area contributed by atoms with E-state index in [4.69, 9.17) is 0 Å². The van der Waals surface area contributed by atoms with Crippen LogP contribution in [0.4, 0.5) is 0 Å². The molecule has 0 radical (unpaired) electrons. The Labute approximate surface area is 202 Å². The molecule has 4 aromatic rings. The van der Waals surface area contributed by atoms with E-state index >= 15 is 0 Å². The summed E-state index contributed by atoms with van der Waals surface area (Å²) in [6.07, 6.45) is 4.54. The molecule has 4 heterocycles. The van der Waals surface area contributed by atoms with Gasteiger partial charge < -0.3 is 4.90 Å². The molecular weight excluding hydrogens is 442 g/mol. The fourth-order valence-electron chi connectivity index (χ4n) is 5.38. The molecule has 0 aliphatic carbocycles. The van der Waals surface area contributed by atoms with E-state index in [9.17, 15) is 14.4 Å². The van der Waals surface area contributed by atoms with E-state index in [0.29, 0.717) is 30.6 Å². The Morgan fingerprint density at radius 3 is 2.49 bits per heavy atom. The zero-order valence-corrected chi connectivity index (χ0v) is 19.3. The van der Waals surface area contributed by atoms with Crippen molar-refractivity contribution in [1.29, 1.82) is 0 Å². The number of pyridine rings is 1. The topological polar surface area (TPSA) is 87.9 Å². The normalized spacial score (nSPS) is 18.0. The van der Waals surface area contributed by atoms with E-state index in [1.807, 2.05) is 58.0 Å². The number of carbonyl (C=O) groups is 3. The predicted octanol–water partition coefficient (Wildman–Crippen LogP) is 3.66. The Balaban J connectivity index is 1.11. The highest BCUT2D eigenvalue weighted by Crippen LogP contribution is 2.30. The number of benzene rings is 2. The largest absolute Gasteiger partial charge is 0.342 e. The SMILES string of the molecule is O=C(CCCN1C(=O)c2cccc3cccc(c23)C1=O)N1CCC[C@@H](c2nnc3ccccn23)C1. The molecule has 176 valence electrons. The van der Waals surface area contributed by atoms with Crippen molar-refractivity contribution < 1.29 is 14.4 Å². The summed E-state index contributed by atoms with van der Waals surface area (Å²) in [6.45, 7) is 1.54. The second-order valence-corrected chi connectivity index (χ2v) is 9.24. The van der Waals surface area contributed by atoms with Crippen LogP contribution in [0.1, 0.15) is 58.1 Å². The smallest absolute Gasteiger partial charge is 0.261 e. The molecule has 3 amide bonds. The Bertz CT molecular complexity index is 1430. The average molecular weight is 468 g/mol. The molecule has 1 fully saturated rings. The van der Waals surface area contributed by atoms with Crippen LogP contribution in [0.25, 0.3) is 16.4 Å². The summed E-state index contributed by atoms with van der Waals surface area (Å²) in [6, 6.07) is 16.8. The van der Waals surface area contributed by atoms with Gasteiger partial charge in [-0.15, -0.1) is 10.2 Å². The summed E-state index contributed by atoms with van der Waals surface area (Å²) in [5, 5.41) is 10.2. The second kappa shape index (κ2) is 8.61. The molecule has 0 saturated carbocycles. The van der Waals surface area contributed by atoms with Crippen LogP contribution in [-0.4, -0.2) is 61.8 Å². The number of rotatable bonds is 5. The lowest BCUT2D eigenvalue weighted by Crippen LogP contribution is -2.42. The number of aromatic nitrogens is 3. The molecule has 2 aliphatic heterocycles. The van der Waals surface area contributed by atoms with Crippen LogP contribution in [-0.2, 0) is 4.79 Å². The van der Waals surface area contributed by atoms with Crippen LogP contribution in [0.2, 0.25) is 0 Å². The molecule has 0 unspecified atom stereocenters. The van der Waals surface area contributed by atoms with E-state index < -0.39 is 0 Å². The van der Waals surface area contributed by atoms with Crippen LogP contribution >= 0.6 is 0 Å². The third kappa shape index (κ3) is 3.65. The van der Waals surface area contributed by atoms with Crippen molar-refractivity contribution >= 4 is 34.1 Å². The molecule has 6 rings (SSSR count). The minimum atomic E-state index is -0.288. The van der Waals surface area contributed by atoms with Gasteiger partial charge in [0.15, 0.2) is 5.65 Å². The van der Waals surface area contributed by atoms with Crippen LogP contribution in [0, 0.1) is 0 Å². The van der Waals surface area contributed by atoms with Crippen LogP contribution in [0.15, 0.2) is 60.8 Å². The van der Waals surface area contributed by atoms with E-state index in [1.165, 1.54) is 4.90 Å². The Morgan fingerprint density at radius 2 is 1.71 bits per heavy atom. The predicted molar refractivity (Wildman–Crippen MR) is 130 cm³/mol. The van der Waals surface area contributed by atoms with E-state index in [1.54, 1.807) is 12.1 Å². The van der Waals surface area contributed by atoms with Gasteiger partial charge in [-0.05, 0) is 48.9 Å². The molecule has 2 aliphatic rings. The van der Waals surface area contributed by atoms with Gasteiger partial charge in [-0.1, -0.05) is 30.3 Å².